The molecule has 0 amide bonds. The second-order valence-corrected chi connectivity index (χ2v) is 1.86. The van der Waals surface area contributed by atoms with E-state index >= 15 is 0 Å². The second kappa shape index (κ2) is 10.5. The number of allylic oxidation sites excluding steroid dienone is 2. The van der Waals surface area contributed by atoms with E-state index in [-0.39, 0.29) is 7.43 Å². The van der Waals surface area contributed by atoms with Crippen LogP contribution in [0.1, 0.15) is 25.7 Å². The van der Waals surface area contributed by atoms with E-state index in [0.717, 1.165) is 12.8 Å². The molecule has 0 saturated carbocycles. The highest BCUT2D eigenvalue weighted by Crippen LogP contribution is 1.99. The third kappa shape index (κ3) is 11.2. The SMILES string of the molecule is C=CCCCCC=C.[C]. The summed E-state index contributed by atoms with van der Waals surface area (Å²) in [5, 5.41) is 0. The van der Waals surface area contributed by atoms with Gasteiger partial charge in [0.05, 0.1) is 0 Å². The van der Waals surface area contributed by atoms with Crippen molar-refractivity contribution in [1.29, 1.82) is 0 Å². The Morgan fingerprint density at radius 1 is 0.889 bits per heavy atom. The van der Waals surface area contributed by atoms with Crippen molar-refractivity contribution in [2.75, 3.05) is 0 Å². The molecule has 0 aliphatic rings. The van der Waals surface area contributed by atoms with Crippen LogP contribution in [-0.2, 0) is 0 Å². The van der Waals surface area contributed by atoms with Gasteiger partial charge in [-0.2, -0.15) is 0 Å². The molecule has 0 nitrogen and oxygen atoms in total. The van der Waals surface area contributed by atoms with Crippen molar-refractivity contribution < 1.29 is 0 Å². The molecule has 0 atom stereocenters. The highest BCUT2D eigenvalue weighted by atomic mass is 13.9. The smallest absolute Gasteiger partial charge is 0 e. The van der Waals surface area contributed by atoms with E-state index in [9.17, 15) is 0 Å². The summed E-state index contributed by atoms with van der Waals surface area (Å²) in [7, 11) is 0. The first kappa shape index (κ1) is 11.3. The minimum absolute atomic E-state index is 0. The average Bonchev–Trinajstić information content (AvgIpc) is 1.81. The molecule has 0 N–H and O–H groups in total. The van der Waals surface area contributed by atoms with E-state index in [1.807, 2.05) is 12.2 Å². The molecular weight excluding hydrogens is 108 g/mol. The van der Waals surface area contributed by atoms with E-state index in [1.54, 1.807) is 0 Å². The van der Waals surface area contributed by atoms with E-state index in [0.29, 0.717) is 0 Å². The predicted octanol–water partition coefficient (Wildman–Crippen LogP) is 3.00. The highest BCUT2D eigenvalue weighted by molar-refractivity contribution is 4.69. The van der Waals surface area contributed by atoms with Crippen molar-refractivity contribution >= 4 is 0 Å². The van der Waals surface area contributed by atoms with Gasteiger partial charge < -0.3 is 0 Å². The van der Waals surface area contributed by atoms with Gasteiger partial charge in [-0.15, -0.1) is 13.2 Å². The van der Waals surface area contributed by atoms with E-state index in [4.69, 9.17) is 0 Å². The van der Waals surface area contributed by atoms with Crippen LogP contribution in [0.15, 0.2) is 25.3 Å². The normalized spacial score (nSPS) is 7.56. The Morgan fingerprint density at radius 2 is 1.22 bits per heavy atom. The molecule has 9 heavy (non-hydrogen) atoms. The number of hydrogen-bond donors (Lipinski definition) is 0. The van der Waals surface area contributed by atoms with Crippen molar-refractivity contribution in [3.8, 4) is 0 Å². The first-order valence-electron chi connectivity index (χ1n) is 3.13. The van der Waals surface area contributed by atoms with Crippen molar-refractivity contribution in [2.24, 2.45) is 0 Å². The van der Waals surface area contributed by atoms with Gasteiger partial charge >= 0.3 is 0 Å². The molecule has 4 radical (unpaired) electrons. The maximum absolute atomic E-state index is 3.63. The lowest BCUT2D eigenvalue weighted by molar-refractivity contribution is 0.764. The minimum Gasteiger partial charge on any atom is -0.103 e. The number of hydrogen-bond acceptors (Lipinski definition) is 0. The van der Waals surface area contributed by atoms with Gasteiger partial charge in [0, 0.05) is 7.43 Å². The van der Waals surface area contributed by atoms with Crippen LogP contribution in [0.2, 0.25) is 0 Å². The minimum atomic E-state index is 0. The molecule has 0 aliphatic carbocycles. The third-order valence-electron chi connectivity index (χ3n) is 1.07. The summed E-state index contributed by atoms with van der Waals surface area (Å²) >= 11 is 0. The zero-order valence-electron chi connectivity index (χ0n) is 5.90. The van der Waals surface area contributed by atoms with Crippen LogP contribution >= 0.6 is 0 Å². The lowest BCUT2D eigenvalue weighted by Crippen LogP contribution is -1.69. The standard InChI is InChI=1S/C8H14.C/c1-3-5-7-8-6-4-2;/h3-4H,1-2,5-8H2;. The van der Waals surface area contributed by atoms with Gasteiger partial charge in [-0.1, -0.05) is 12.2 Å². The van der Waals surface area contributed by atoms with Crippen LogP contribution in [0.3, 0.4) is 0 Å². The van der Waals surface area contributed by atoms with Crippen molar-refractivity contribution in [1.82, 2.24) is 0 Å². The molecule has 0 aromatic rings. The van der Waals surface area contributed by atoms with E-state index in [2.05, 4.69) is 13.2 Å². The monoisotopic (exact) mass is 122 g/mol. The largest absolute Gasteiger partial charge is 0.103 e. The zero-order chi connectivity index (χ0) is 6.24. The summed E-state index contributed by atoms with van der Waals surface area (Å²) < 4.78 is 0. The van der Waals surface area contributed by atoms with Crippen LogP contribution in [0, 0.1) is 7.43 Å². The Labute approximate surface area is 59.3 Å². The summed E-state index contributed by atoms with van der Waals surface area (Å²) in [6.45, 7) is 7.26. The molecule has 0 aliphatic heterocycles. The predicted molar refractivity (Wildman–Crippen MR) is 42.1 cm³/mol. The topological polar surface area (TPSA) is 0 Å². The molecule has 0 spiro atoms. The fourth-order valence-corrected chi connectivity index (χ4v) is 0.577. The van der Waals surface area contributed by atoms with E-state index in [1.165, 1.54) is 12.8 Å². The van der Waals surface area contributed by atoms with Crippen LogP contribution in [0.4, 0.5) is 0 Å². The molecular formula is C9H14. The summed E-state index contributed by atoms with van der Waals surface area (Å²) in [5.74, 6) is 0. The van der Waals surface area contributed by atoms with Gasteiger partial charge in [-0.05, 0) is 25.7 Å². The maximum atomic E-state index is 3.63. The Morgan fingerprint density at radius 3 is 1.44 bits per heavy atom. The second-order valence-electron chi connectivity index (χ2n) is 1.86. The summed E-state index contributed by atoms with van der Waals surface area (Å²) in [6, 6.07) is 0. The van der Waals surface area contributed by atoms with Gasteiger partial charge in [-0.3, -0.25) is 0 Å². The van der Waals surface area contributed by atoms with Crippen molar-refractivity contribution in [3.05, 3.63) is 32.7 Å². The molecule has 0 aromatic heterocycles. The Bertz CT molecular complexity index is 52.4. The van der Waals surface area contributed by atoms with Gasteiger partial charge in [-0.25, -0.2) is 0 Å². The summed E-state index contributed by atoms with van der Waals surface area (Å²) in [5.41, 5.74) is 0. The van der Waals surface area contributed by atoms with E-state index < -0.39 is 0 Å². The first-order chi connectivity index (χ1) is 3.91. The van der Waals surface area contributed by atoms with Gasteiger partial charge in [0.15, 0.2) is 0 Å². The Hall–Kier alpha value is -0.520. The van der Waals surface area contributed by atoms with Crippen LogP contribution in [-0.4, -0.2) is 0 Å². The molecule has 0 bridgehead atoms. The maximum Gasteiger partial charge on any atom is 0 e. The van der Waals surface area contributed by atoms with Crippen LogP contribution in [0.5, 0.6) is 0 Å². The van der Waals surface area contributed by atoms with Gasteiger partial charge in [0.25, 0.3) is 0 Å². The molecule has 0 fully saturated rings. The summed E-state index contributed by atoms with van der Waals surface area (Å²) in [4.78, 5) is 0. The molecule has 0 unspecified atom stereocenters. The molecule has 50 valence electrons. The molecule has 0 heterocycles. The lowest BCUT2D eigenvalue weighted by atomic mass is 10.2. The van der Waals surface area contributed by atoms with Gasteiger partial charge in [0.2, 0.25) is 0 Å². The molecule has 0 aromatic carbocycles. The zero-order valence-corrected chi connectivity index (χ0v) is 5.90. The van der Waals surface area contributed by atoms with Crippen molar-refractivity contribution in [3.63, 3.8) is 0 Å². The average molecular weight is 122 g/mol. The first-order valence-corrected chi connectivity index (χ1v) is 3.13. The number of rotatable bonds is 5. The summed E-state index contributed by atoms with van der Waals surface area (Å²) in [6.07, 6.45) is 8.74. The molecule has 0 saturated heterocycles. The Kier molecular flexibility index (Phi) is 13.1. The third-order valence-corrected chi connectivity index (χ3v) is 1.07. The highest BCUT2D eigenvalue weighted by Gasteiger charge is 1.79. The quantitative estimate of drug-likeness (QED) is 0.388. The fraction of sp³-hybridized carbons (Fsp3) is 0.444. The number of unbranched alkanes of at least 4 members (excludes halogenated alkanes) is 3. The molecule has 0 rings (SSSR count). The van der Waals surface area contributed by atoms with Crippen LogP contribution in [0.25, 0.3) is 0 Å². The molecule has 0 heteroatoms. The van der Waals surface area contributed by atoms with Gasteiger partial charge in [0.1, 0.15) is 0 Å². The fourth-order valence-electron chi connectivity index (χ4n) is 0.577. The Balaban J connectivity index is 0. The lowest BCUT2D eigenvalue weighted by Gasteiger charge is -1.89. The van der Waals surface area contributed by atoms with Crippen molar-refractivity contribution in [2.45, 2.75) is 25.7 Å². The van der Waals surface area contributed by atoms with Crippen LogP contribution < -0.4 is 0 Å².